The molecule has 1 aromatic rings. The molecule has 0 amide bonds. The van der Waals surface area contributed by atoms with Crippen LogP contribution in [0, 0.1) is 0 Å². The van der Waals surface area contributed by atoms with Crippen LogP contribution >= 0.6 is 37.2 Å². The molecule has 0 saturated heterocycles. The number of aromatic nitrogens is 1. The van der Waals surface area contributed by atoms with Gasteiger partial charge < -0.3 is 14.5 Å². The summed E-state index contributed by atoms with van der Waals surface area (Å²) in [5.74, 6) is 1.88. The third-order valence-electron chi connectivity index (χ3n) is 2.67. The van der Waals surface area contributed by atoms with E-state index in [2.05, 4.69) is 35.8 Å². The Morgan fingerprint density at radius 3 is 2.68 bits per heavy atom. The summed E-state index contributed by atoms with van der Waals surface area (Å²) in [5, 5.41) is 0. The Hall–Kier alpha value is -0.420. The Labute approximate surface area is 133 Å². The molecule has 1 unspecified atom stereocenters. The number of likely N-dealkylation sites (N-methyl/N-ethyl adjacent to an activating group) is 1. The molecule has 1 aromatic heterocycles. The number of fused-ring (bicyclic) bond motifs is 1. The second-order valence-electron chi connectivity index (χ2n) is 4.50. The number of halogens is 3. The molecule has 112 valence electrons. The van der Waals surface area contributed by atoms with Gasteiger partial charge in [0, 0.05) is 19.3 Å². The van der Waals surface area contributed by atoms with Crippen molar-refractivity contribution in [3.8, 4) is 5.75 Å². The fraction of sp³-hybridized carbons (Fsp3) is 0.583. The van der Waals surface area contributed by atoms with E-state index in [0.29, 0.717) is 0 Å². The van der Waals surface area contributed by atoms with Gasteiger partial charge in [0.15, 0.2) is 11.6 Å². The lowest BCUT2D eigenvalue weighted by Gasteiger charge is -2.34. The number of hydrogen-bond donors (Lipinski definition) is 0. The predicted octanol–water partition coefficient (Wildman–Crippen LogP) is 2.50. The van der Waals surface area contributed by atoms with E-state index in [9.17, 15) is 0 Å². The first-order valence-electron chi connectivity index (χ1n) is 5.68. The molecule has 1 aliphatic rings. The van der Waals surface area contributed by atoms with Gasteiger partial charge in [-0.3, -0.25) is 0 Å². The highest BCUT2D eigenvalue weighted by atomic mass is 35.5. The standard InChI is InChI=1S/C12H19N3O.3ClH/c1-10-9-15(8-7-14(2)3)12-11(16-10)5-4-6-13-12;;;/h4-6,10H,7-9H2,1-3H3;3*1H. The first-order chi connectivity index (χ1) is 7.66. The average Bonchev–Trinajstić information content (AvgIpc) is 2.25. The highest BCUT2D eigenvalue weighted by Crippen LogP contribution is 2.30. The number of hydrogen-bond acceptors (Lipinski definition) is 4. The van der Waals surface area contributed by atoms with E-state index >= 15 is 0 Å². The van der Waals surface area contributed by atoms with Crippen LogP contribution in [-0.4, -0.2) is 49.7 Å². The van der Waals surface area contributed by atoms with Gasteiger partial charge in [-0.2, -0.15) is 0 Å². The zero-order valence-electron chi connectivity index (χ0n) is 11.4. The van der Waals surface area contributed by atoms with Crippen molar-refractivity contribution >= 4 is 43.0 Å². The summed E-state index contributed by atoms with van der Waals surface area (Å²) in [6.07, 6.45) is 2.06. The number of pyridine rings is 1. The highest BCUT2D eigenvalue weighted by molar-refractivity contribution is 5.86. The third kappa shape index (κ3) is 5.61. The molecule has 0 spiro atoms. The second kappa shape index (κ2) is 9.48. The van der Waals surface area contributed by atoms with E-state index in [-0.39, 0.29) is 43.3 Å². The lowest BCUT2D eigenvalue weighted by molar-refractivity contribution is 0.209. The third-order valence-corrected chi connectivity index (χ3v) is 2.67. The summed E-state index contributed by atoms with van der Waals surface area (Å²) in [7, 11) is 4.17. The van der Waals surface area contributed by atoms with Gasteiger partial charge in [0.2, 0.25) is 0 Å². The molecule has 0 N–H and O–H groups in total. The Morgan fingerprint density at radius 2 is 2.05 bits per heavy atom. The summed E-state index contributed by atoms with van der Waals surface area (Å²) in [4.78, 5) is 8.87. The van der Waals surface area contributed by atoms with Crippen molar-refractivity contribution in [3.05, 3.63) is 18.3 Å². The predicted molar refractivity (Wildman–Crippen MR) is 86.8 cm³/mol. The van der Waals surface area contributed by atoms with Crippen LogP contribution in [0.3, 0.4) is 0 Å². The van der Waals surface area contributed by atoms with E-state index < -0.39 is 0 Å². The maximum Gasteiger partial charge on any atom is 0.171 e. The normalized spacial score (nSPS) is 16.4. The van der Waals surface area contributed by atoms with Gasteiger partial charge in [-0.05, 0) is 33.2 Å². The fourth-order valence-electron chi connectivity index (χ4n) is 1.88. The smallest absolute Gasteiger partial charge is 0.171 e. The van der Waals surface area contributed by atoms with Gasteiger partial charge in [0.25, 0.3) is 0 Å². The van der Waals surface area contributed by atoms with E-state index in [1.807, 2.05) is 18.3 Å². The Morgan fingerprint density at radius 1 is 1.37 bits per heavy atom. The SMILES string of the molecule is CC1CN(CCN(C)C)c2ncccc2O1.Cl.Cl.Cl. The maximum absolute atomic E-state index is 5.75. The van der Waals surface area contributed by atoms with E-state index in [4.69, 9.17) is 4.74 Å². The fourth-order valence-corrected chi connectivity index (χ4v) is 1.88. The largest absolute Gasteiger partial charge is 0.485 e. The number of nitrogens with zero attached hydrogens (tertiary/aromatic N) is 3. The molecule has 2 heterocycles. The van der Waals surface area contributed by atoms with Gasteiger partial charge in [-0.25, -0.2) is 4.98 Å². The topological polar surface area (TPSA) is 28.6 Å². The minimum absolute atomic E-state index is 0. The van der Waals surface area contributed by atoms with Crippen molar-refractivity contribution in [3.63, 3.8) is 0 Å². The Balaban J connectivity index is 0. The second-order valence-corrected chi connectivity index (χ2v) is 4.50. The van der Waals surface area contributed by atoms with E-state index in [0.717, 1.165) is 31.2 Å². The van der Waals surface area contributed by atoms with Gasteiger partial charge >= 0.3 is 0 Å². The maximum atomic E-state index is 5.75. The molecule has 0 bridgehead atoms. The molecule has 0 fully saturated rings. The van der Waals surface area contributed by atoms with Crippen LogP contribution in [0.2, 0.25) is 0 Å². The molecule has 0 aliphatic carbocycles. The van der Waals surface area contributed by atoms with Crippen molar-refractivity contribution in [1.29, 1.82) is 0 Å². The zero-order valence-corrected chi connectivity index (χ0v) is 13.9. The highest BCUT2D eigenvalue weighted by Gasteiger charge is 2.23. The van der Waals surface area contributed by atoms with Crippen LogP contribution < -0.4 is 9.64 Å². The molecular weight excluding hydrogens is 309 g/mol. The zero-order chi connectivity index (χ0) is 11.5. The quantitative estimate of drug-likeness (QED) is 0.851. The molecule has 1 atom stereocenters. The van der Waals surface area contributed by atoms with Gasteiger partial charge in [0.05, 0.1) is 6.54 Å². The summed E-state index contributed by atoms with van der Waals surface area (Å²) in [6.45, 7) is 5.03. The summed E-state index contributed by atoms with van der Waals surface area (Å²) >= 11 is 0. The van der Waals surface area contributed by atoms with Crippen LogP contribution in [0.5, 0.6) is 5.75 Å². The summed E-state index contributed by atoms with van der Waals surface area (Å²) in [5.41, 5.74) is 0. The van der Waals surface area contributed by atoms with Crippen molar-refractivity contribution in [2.45, 2.75) is 13.0 Å². The molecule has 4 nitrogen and oxygen atoms in total. The first-order valence-corrected chi connectivity index (χ1v) is 5.68. The van der Waals surface area contributed by atoms with Gasteiger partial charge in [0.1, 0.15) is 6.10 Å². The minimum Gasteiger partial charge on any atom is -0.485 e. The van der Waals surface area contributed by atoms with Gasteiger partial charge in [-0.15, -0.1) is 37.2 Å². The van der Waals surface area contributed by atoms with Crippen LogP contribution in [0.4, 0.5) is 5.82 Å². The van der Waals surface area contributed by atoms with Crippen molar-refractivity contribution in [1.82, 2.24) is 9.88 Å². The molecule has 1 aliphatic heterocycles. The van der Waals surface area contributed by atoms with Crippen molar-refractivity contribution in [2.24, 2.45) is 0 Å². The molecule has 2 rings (SSSR count). The van der Waals surface area contributed by atoms with Crippen LogP contribution in [-0.2, 0) is 0 Å². The molecule has 19 heavy (non-hydrogen) atoms. The lowest BCUT2D eigenvalue weighted by Crippen LogP contribution is -2.42. The van der Waals surface area contributed by atoms with Crippen molar-refractivity contribution in [2.75, 3.05) is 38.6 Å². The van der Waals surface area contributed by atoms with Crippen molar-refractivity contribution < 1.29 is 4.74 Å². The van der Waals surface area contributed by atoms with Crippen LogP contribution in [0.25, 0.3) is 0 Å². The number of rotatable bonds is 3. The molecular formula is C12H22Cl3N3O. The Bertz CT molecular complexity index is 366. The minimum atomic E-state index is 0. The number of anilines is 1. The molecule has 0 radical (unpaired) electrons. The van der Waals surface area contributed by atoms with E-state index in [1.165, 1.54) is 0 Å². The molecule has 0 saturated carbocycles. The summed E-state index contributed by atoms with van der Waals surface area (Å²) in [6, 6.07) is 3.90. The monoisotopic (exact) mass is 329 g/mol. The van der Waals surface area contributed by atoms with Crippen LogP contribution in [0.15, 0.2) is 18.3 Å². The number of ether oxygens (including phenoxy) is 1. The van der Waals surface area contributed by atoms with Gasteiger partial charge in [-0.1, -0.05) is 0 Å². The summed E-state index contributed by atoms with van der Waals surface area (Å²) < 4.78 is 5.75. The van der Waals surface area contributed by atoms with E-state index in [1.54, 1.807) is 0 Å². The Kier molecular flexibility index (Phi) is 10.4. The van der Waals surface area contributed by atoms with Crippen LogP contribution in [0.1, 0.15) is 6.92 Å². The first kappa shape index (κ1) is 20.9. The lowest BCUT2D eigenvalue weighted by atomic mass is 10.2. The molecule has 7 heteroatoms. The average molecular weight is 331 g/mol. The molecule has 0 aromatic carbocycles.